The monoisotopic (exact) mass is 421 g/mol. The number of rotatable bonds is 6. The molecular formula is C22H27N7O2. The van der Waals surface area contributed by atoms with E-state index in [-0.39, 0.29) is 17.7 Å². The van der Waals surface area contributed by atoms with Gasteiger partial charge in [0.1, 0.15) is 18.1 Å². The molecule has 2 heterocycles. The summed E-state index contributed by atoms with van der Waals surface area (Å²) in [6.07, 6.45) is 8.38. The number of aromatic nitrogens is 5. The molecule has 1 aliphatic carbocycles. The minimum Gasteiger partial charge on any atom is -0.339 e. The van der Waals surface area contributed by atoms with E-state index in [0.717, 1.165) is 37.1 Å². The summed E-state index contributed by atoms with van der Waals surface area (Å²) in [5.41, 5.74) is 2.01. The van der Waals surface area contributed by atoms with Gasteiger partial charge in [0, 0.05) is 31.5 Å². The molecule has 1 fully saturated rings. The van der Waals surface area contributed by atoms with Crippen molar-refractivity contribution in [3.8, 4) is 11.4 Å². The van der Waals surface area contributed by atoms with Crippen LogP contribution in [0.4, 0.5) is 5.69 Å². The molecule has 1 aromatic carbocycles. The third-order valence-electron chi connectivity index (χ3n) is 5.87. The highest BCUT2D eigenvalue weighted by atomic mass is 16.2. The van der Waals surface area contributed by atoms with Gasteiger partial charge in [-0.05, 0) is 49.1 Å². The van der Waals surface area contributed by atoms with Crippen molar-refractivity contribution >= 4 is 17.5 Å². The van der Waals surface area contributed by atoms with E-state index in [4.69, 9.17) is 0 Å². The van der Waals surface area contributed by atoms with Gasteiger partial charge in [-0.1, -0.05) is 19.3 Å². The lowest BCUT2D eigenvalue weighted by Crippen LogP contribution is -2.49. The van der Waals surface area contributed by atoms with Gasteiger partial charge < -0.3 is 15.2 Å². The van der Waals surface area contributed by atoms with Crippen molar-refractivity contribution < 1.29 is 9.59 Å². The fraction of sp³-hybridized carbons (Fsp3) is 0.409. The van der Waals surface area contributed by atoms with Crippen LogP contribution in [0, 0.1) is 5.92 Å². The second kappa shape index (κ2) is 9.11. The average molecular weight is 422 g/mol. The van der Waals surface area contributed by atoms with Crippen LogP contribution in [0.15, 0.2) is 42.9 Å². The molecule has 0 unspecified atom stereocenters. The molecule has 1 saturated carbocycles. The smallest absolute Gasteiger partial charge is 0.270 e. The number of aryl methyl sites for hydroxylation is 2. The number of amides is 2. The highest BCUT2D eigenvalue weighted by molar-refractivity contribution is 6.00. The van der Waals surface area contributed by atoms with Crippen molar-refractivity contribution in [2.75, 3.05) is 5.32 Å². The molecule has 31 heavy (non-hydrogen) atoms. The Morgan fingerprint density at radius 2 is 1.81 bits per heavy atom. The SMILES string of the molecule is Cn1cnnc1-c1ccc(NC(=O)[C@@H](NC(=O)c2ccnn2C)C2CCCCC2)cc1. The Labute approximate surface area is 180 Å². The van der Waals surface area contributed by atoms with Crippen LogP contribution in [0.25, 0.3) is 11.4 Å². The van der Waals surface area contributed by atoms with Gasteiger partial charge in [0.25, 0.3) is 5.91 Å². The molecule has 3 aromatic rings. The maximum atomic E-state index is 13.2. The molecule has 0 radical (unpaired) electrons. The summed E-state index contributed by atoms with van der Waals surface area (Å²) in [7, 11) is 3.59. The second-order valence-corrected chi connectivity index (χ2v) is 8.02. The highest BCUT2D eigenvalue weighted by Gasteiger charge is 2.31. The van der Waals surface area contributed by atoms with Gasteiger partial charge in [-0.2, -0.15) is 5.10 Å². The van der Waals surface area contributed by atoms with Crippen LogP contribution in [-0.2, 0) is 18.9 Å². The lowest BCUT2D eigenvalue weighted by molar-refractivity contribution is -0.119. The van der Waals surface area contributed by atoms with E-state index < -0.39 is 6.04 Å². The van der Waals surface area contributed by atoms with Crippen molar-refractivity contribution in [3.05, 3.63) is 48.5 Å². The number of anilines is 1. The van der Waals surface area contributed by atoms with E-state index >= 15 is 0 Å². The van der Waals surface area contributed by atoms with Gasteiger partial charge in [0.15, 0.2) is 5.82 Å². The number of nitrogens with zero attached hydrogens (tertiary/aromatic N) is 5. The first-order valence-corrected chi connectivity index (χ1v) is 10.6. The molecule has 0 saturated heterocycles. The zero-order valence-corrected chi connectivity index (χ0v) is 17.8. The molecule has 1 aliphatic rings. The number of carbonyl (C=O) groups excluding carboxylic acids is 2. The van der Waals surface area contributed by atoms with Gasteiger partial charge in [-0.25, -0.2) is 0 Å². The molecule has 1 atom stereocenters. The minimum atomic E-state index is -0.596. The summed E-state index contributed by atoms with van der Waals surface area (Å²) >= 11 is 0. The summed E-state index contributed by atoms with van der Waals surface area (Å²) < 4.78 is 3.34. The Morgan fingerprint density at radius 1 is 1.06 bits per heavy atom. The van der Waals surface area contributed by atoms with Gasteiger partial charge in [-0.3, -0.25) is 14.3 Å². The van der Waals surface area contributed by atoms with Crippen LogP contribution in [-0.4, -0.2) is 42.4 Å². The summed E-state index contributed by atoms with van der Waals surface area (Å²) in [6.45, 7) is 0. The summed E-state index contributed by atoms with van der Waals surface area (Å²) in [4.78, 5) is 26.0. The summed E-state index contributed by atoms with van der Waals surface area (Å²) in [5.74, 6) is 0.377. The van der Waals surface area contributed by atoms with E-state index in [1.807, 2.05) is 35.9 Å². The van der Waals surface area contributed by atoms with Crippen molar-refractivity contribution in [1.82, 2.24) is 29.9 Å². The van der Waals surface area contributed by atoms with Crippen LogP contribution in [0.2, 0.25) is 0 Å². The van der Waals surface area contributed by atoms with Crippen molar-refractivity contribution in [1.29, 1.82) is 0 Å². The molecule has 2 aromatic heterocycles. The molecule has 162 valence electrons. The minimum absolute atomic E-state index is 0.115. The van der Waals surface area contributed by atoms with E-state index in [9.17, 15) is 9.59 Å². The summed E-state index contributed by atoms with van der Waals surface area (Å²) in [5, 5.41) is 18.0. The molecule has 0 spiro atoms. The molecule has 9 nitrogen and oxygen atoms in total. The Hall–Kier alpha value is -3.49. The number of nitrogens with one attached hydrogen (secondary N) is 2. The number of hydrogen-bond donors (Lipinski definition) is 2. The topological polar surface area (TPSA) is 107 Å². The number of benzene rings is 1. The predicted octanol–water partition coefficient (Wildman–Crippen LogP) is 2.53. The van der Waals surface area contributed by atoms with Crippen LogP contribution >= 0.6 is 0 Å². The van der Waals surface area contributed by atoms with Gasteiger partial charge in [-0.15, -0.1) is 10.2 Å². The highest BCUT2D eigenvalue weighted by Crippen LogP contribution is 2.28. The number of carbonyl (C=O) groups is 2. The second-order valence-electron chi connectivity index (χ2n) is 8.02. The van der Waals surface area contributed by atoms with E-state index in [0.29, 0.717) is 11.4 Å². The third kappa shape index (κ3) is 4.65. The van der Waals surface area contributed by atoms with Crippen molar-refractivity contribution in [3.63, 3.8) is 0 Å². The normalized spacial score (nSPS) is 15.4. The van der Waals surface area contributed by atoms with Crippen LogP contribution in [0.3, 0.4) is 0 Å². The standard InChI is InChI=1S/C22H27N7O2/c1-28-14-23-27-20(28)16-8-10-17(11-9-16)25-22(31)19(15-6-4-3-5-7-15)26-21(30)18-12-13-24-29(18)2/h8-15,19H,3-7H2,1-2H3,(H,25,31)(H,26,30)/t19-/m0/s1. The largest absolute Gasteiger partial charge is 0.339 e. The Bertz CT molecular complexity index is 1050. The Balaban J connectivity index is 1.49. The van der Waals surface area contributed by atoms with Gasteiger partial charge in [0.05, 0.1) is 0 Å². The Kier molecular flexibility index (Phi) is 6.11. The van der Waals surface area contributed by atoms with E-state index in [2.05, 4.69) is 25.9 Å². The van der Waals surface area contributed by atoms with E-state index in [1.165, 1.54) is 11.1 Å². The first-order chi connectivity index (χ1) is 15.0. The molecule has 4 rings (SSSR count). The quantitative estimate of drug-likeness (QED) is 0.636. The van der Waals surface area contributed by atoms with Crippen LogP contribution < -0.4 is 10.6 Å². The van der Waals surface area contributed by atoms with Crippen molar-refractivity contribution in [2.24, 2.45) is 20.0 Å². The average Bonchev–Trinajstić information content (AvgIpc) is 3.41. The van der Waals surface area contributed by atoms with Crippen LogP contribution in [0.5, 0.6) is 0 Å². The van der Waals surface area contributed by atoms with Gasteiger partial charge in [0.2, 0.25) is 5.91 Å². The first-order valence-electron chi connectivity index (χ1n) is 10.6. The molecule has 2 N–H and O–H groups in total. The molecule has 0 aliphatic heterocycles. The molecule has 2 amide bonds. The zero-order valence-electron chi connectivity index (χ0n) is 17.8. The third-order valence-corrected chi connectivity index (χ3v) is 5.87. The maximum absolute atomic E-state index is 13.2. The fourth-order valence-electron chi connectivity index (χ4n) is 4.14. The van der Waals surface area contributed by atoms with E-state index in [1.54, 1.807) is 25.6 Å². The van der Waals surface area contributed by atoms with Gasteiger partial charge >= 0.3 is 0 Å². The van der Waals surface area contributed by atoms with Crippen LogP contribution in [0.1, 0.15) is 42.6 Å². The lowest BCUT2D eigenvalue weighted by atomic mass is 9.83. The number of hydrogen-bond acceptors (Lipinski definition) is 5. The predicted molar refractivity (Wildman–Crippen MR) is 116 cm³/mol. The zero-order chi connectivity index (χ0) is 21.8. The lowest BCUT2D eigenvalue weighted by Gasteiger charge is -2.30. The molecule has 0 bridgehead atoms. The molecule has 9 heteroatoms. The fourth-order valence-corrected chi connectivity index (χ4v) is 4.14. The summed E-state index contributed by atoms with van der Waals surface area (Å²) in [6, 6.07) is 8.51. The maximum Gasteiger partial charge on any atom is 0.270 e. The van der Waals surface area contributed by atoms with Crippen molar-refractivity contribution in [2.45, 2.75) is 38.1 Å². The molecular weight excluding hydrogens is 394 g/mol. The first kappa shape index (κ1) is 20.8. The Morgan fingerprint density at radius 3 is 2.42 bits per heavy atom.